The fraction of sp³-hybridized carbons (Fsp3) is 0.238. The van der Waals surface area contributed by atoms with Crippen LogP contribution in [0.1, 0.15) is 28.8 Å². The normalized spacial score (nSPS) is 14.2. The lowest BCUT2D eigenvalue weighted by Gasteiger charge is -2.13. The van der Waals surface area contributed by atoms with Gasteiger partial charge in [-0.15, -0.1) is 0 Å². The highest BCUT2D eigenvalue weighted by atomic mass is 19.4. The van der Waals surface area contributed by atoms with Crippen LogP contribution in [0.3, 0.4) is 0 Å². The maximum atomic E-state index is 12.8. The number of ether oxygens (including phenoxy) is 1. The summed E-state index contributed by atoms with van der Waals surface area (Å²) >= 11 is 0. The number of halogens is 3. The zero-order valence-corrected chi connectivity index (χ0v) is 14.7. The number of carboxylic acids is 1. The summed E-state index contributed by atoms with van der Waals surface area (Å²) in [5.41, 5.74) is 0.678. The van der Waals surface area contributed by atoms with E-state index in [1.807, 2.05) is 0 Å². The highest BCUT2D eigenvalue weighted by Gasteiger charge is 2.30. The molecule has 2 aromatic carbocycles. The van der Waals surface area contributed by atoms with Crippen LogP contribution in [-0.4, -0.2) is 22.7 Å². The number of pyridine rings is 1. The quantitative estimate of drug-likeness (QED) is 0.636. The molecule has 1 aliphatic rings. The van der Waals surface area contributed by atoms with Crippen molar-refractivity contribution >= 4 is 16.9 Å². The van der Waals surface area contributed by atoms with Crippen LogP contribution < -0.4 is 4.74 Å². The number of aromatic carboxylic acids is 1. The van der Waals surface area contributed by atoms with E-state index in [0.29, 0.717) is 40.4 Å². The van der Waals surface area contributed by atoms with Gasteiger partial charge in [-0.1, -0.05) is 12.1 Å². The van der Waals surface area contributed by atoms with Crippen molar-refractivity contribution in [1.29, 1.82) is 0 Å². The molecule has 4 nitrogen and oxygen atoms in total. The van der Waals surface area contributed by atoms with Crippen LogP contribution in [-0.2, 0) is 6.18 Å². The first-order chi connectivity index (χ1) is 13.3. The Kier molecular flexibility index (Phi) is 4.45. The van der Waals surface area contributed by atoms with E-state index in [9.17, 15) is 23.1 Å². The van der Waals surface area contributed by atoms with Gasteiger partial charge in [-0.25, -0.2) is 9.78 Å². The molecule has 0 atom stereocenters. The smallest absolute Gasteiger partial charge is 0.416 e. The van der Waals surface area contributed by atoms with Crippen molar-refractivity contribution in [1.82, 2.24) is 4.98 Å². The zero-order chi connectivity index (χ0) is 19.9. The maximum Gasteiger partial charge on any atom is 0.416 e. The molecule has 7 heteroatoms. The van der Waals surface area contributed by atoms with E-state index in [1.165, 1.54) is 24.3 Å². The fourth-order valence-corrected chi connectivity index (χ4v) is 2.92. The summed E-state index contributed by atoms with van der Waals surface area (Å²) in [5, 5.41) is 9.89. The van der Waals surface area contributed by atoms with Crippen molar-refractivity contribution in [2.75, 3.05) is 6.61 Å². The SMILES string of the molecule is O=C(O)c1ccc2c(OCC3CC3)cc(-c3ccc(C(F)(F)F)cc3)nc2c1. The Labute approximate surface area is 158 Å². The average molecular weight is 387 g/mol. The number of carbonyl (C=O) groups is 1. The van der Waals surface area contributed by atoms with Crippen LogP contribution in [0, 0.1) is 5.92 Å². The van der Waals surface area contributed by atoms with E-state index in [0.717, 1.165) is 25.0 Å². The minimum Gasteiger partial charge on any atom is -0.493 e. The number of hydrogen-bond donors (Lipinski definition) is 1. The van der Waals surface area contributed by atoms with Gasteiger partial charge in [0, 0.05) is 17.0 Å². The molecular weight excluding hydrogens is 371 g/mol. The molecule has 1 aliphatic carbocycles. The lowest BCUT2D eigenvalue weighted by atomic mass is 10.1. The molecule has 0 radical (unpaired) electrons. The van der Waals surface area contributed by atoms with Gasteiger partial charge in [-0.2, -0.15) is 13.2 Å². The van der Waals surface area contributed by atoms with E-state index in [1.54, 1.807) is 12.1 Å². The second kappa shape index (κ2) is 6.82. The second-order valence-corrected chi connectivity index (χ2v) is 6.87. The van der Waals surface area contributed by atoms with Crippen molar-refractivity contribution in [3.05, 3.63) is 59.7 Å². The Balaban J connectivity index is 1.78. The molecule has 0 amide bonds. The topological polar surface area (TPSA) is 59.4 Å². The molecule has 0 saturated heterocycles. The van der Waals surface area contributed by atoms with E-state index < -0.39 is 17.7 Å². The highest BCUT2D eigenvalue weighted by Crippen LogP contribution is 2.35. The minimum absolute atomic E-state index is 0.0812. The number of rotatable bonds is 5. The molecule has 0 unspecified atom stereocenters. The zero-order valence-electron chi connectivity index (χ0n) is 14.7. The first kappa shape index (κ1) is 18.3. The molecule has 0 aliphatic heterocycles. The monoisotopic (exact) mass is 387 g/mol. The van der Waals surface area contributed by atoms with Gasteiger partial charge in [0.1, 0.15) is 5.75 Å². The first-order valence-corrected chi connectivity index (χ1v) is 8.80. The minimum atomic E-state index is -4.41. The summed E-state index contributed by atoms with van der Waals surface area (Å²) in [7, 11) is 0. The van der Waals surface area contributed by atoms with Gasteiger partial charge in [-0.3, -0.25) is 0 Å². The summed E-state index contributed by atoms with van der Waals surface area (Å²) in [5.74, 6) is -0.0242. The Morgan fingerprint density at radius 1 is 1.11 bits per heavy atom. The van der Waals surface area contributed by atoms with Gasteiger partial charge < -0.3 is 9.84 Å². The third-order valence-electron chi connectivity index (χ3n) is 4.70. The highest BCUT2D eigenvalue weighted by molar-refractivity contribution is 5.95. The maximum absolute atomic E-state index is 12.8. The summed E-state index contributed by atoms with van der Waals surface area (Å²) < 4.78 is 44.3. The summed E-state index contributed by atoms with van der Waals surface area (Å²) in [6, 6.07) is 11.0. The van der Waals surface area contributed by atoms with Crippen LogP contribution in [0.5, 0.6) is 5.75 Å². The van der Waals surface area contributed by atoms with Gasteiger partial charge >= 0.3 is 12.1 Å². The Morgan fingerprint density at radius 2 is 1.82 bits per heavy atom. The lowest BCUT2D eigenvalue weighted by Crippen LogP contribution is -2.04. The van der Waals surface area contributed by atoms with Gasteiger partial charge in [0.2, 0.25) is 0 Å². The van der Waals surface area contributed by atoms with Gasteiger partial charge in [0.05, 0.1) is 28.9 Å². The van der Waals surface area contributed by atoms with Crippen LogP contribution in [0.15, 0.2) is 48.5 Å². The number of fused-ring (bicyclic) bond motifs is 1. The first-order valence-electron chi connectivity index (χ1n) is 8.80. The predicted molar refractivity (Wildman–Crippen MR) is 97.4 cm³/mol. The van der Waals surface area contributed by atoms with E-state index in [2.05, 4.69) is 4.98 Å². The molecular formula is C21H16F3NO3. The van der Waals surface area contributed by atoms with Crippen molar-refractivity contribution in [2.24, 2.45) is 5.92 Å². The van der Waals surface area contributed by atoms with Crippen molar-refractivity contribution in [3.63, 3.8) is 0 Å². The van der Waals surface area contributed by atoms with Gasteiger partial charge in [0.15, 0.2) is 0 Å². The van der Waals surface area contributed by atoms with E-state index in [4.69, 9.17) is 4.74 Å². The molecule has 0 bridgehead atoms. The molecule has 1 aromatic heterocycles. The summed E-state index contributed by atoms with van der Waals surface area (Å²) in [6.45, 7) is 0.548. The lowest BCUT2D eigenvalue weighted by molar-refractivity contribution is -0.137. The van der Waals surface area contributed by atoms with Crippen molar-refractivity contribution < 1.29 is 27.8 Å². The second-order valence-electron chi connectivity index (χ2n) is 6.87. The Hall–Kier alpha value is -3.09. The predicted octanol–water partition coefficient (Wildman–Crippen LogP) is 5.41. The van der Waals surface area contributed by atoms with Crippen molar-refractivity contribution in [3.8, 4) is 17.0 Å². The molecule has 3 aromatic rings. The van der Waals surface area contributed by atoms with Crippen molar-refractivity contribution in [2.45, 2.75) is 19.0 Å². The molecule has 1 fully saturated rings. The standard InChI is InChI=1S/C21H16F3NO3/c22-21(23,24)15-6-3-13(4-7-15)17-10-19(28-11-12-1-2-12)16-8-5-14(20(26)27)9-18(16)25-17/h3-10,12H,1-2,11H2,(H,26,27). The third-order valence-corrected chi connectivity index (χ3v) is 4.70. The fourth-order valence-electron chi connectivity index (χ4n) is 2.92. The van der Waals surface area contributed by atoms with E-state index >= 15 is 0 Å². The number of carboxylic acid groups (broad SMARTS) is 1. The van der Waals surface area contributed by atoms with E-state index in [-0.39, 0.29) is 5.56 Å². The van der Waals surface area contributed by atoms with Crippen LogP contribution in [0.4, 0.5) is 13.2 Å². The molecule has 1 heterocycles. The summed E-state index contributed by atoms with van der Waals surface area (Å²) in [4.78, 5) is 15.7. The molecule has 1 N–H and O–H groups in total. The number of benzene rings is 2. The Bertz CT molecular complexity index is 1040. The molecule has 28 heavy (non-hydrogen) atoms. The van der Waals surface area contributed by atoms with Gasteiger partial charge in [0.25, 0.3) is 0 Å². The average Bonchev–Trinajstić information content (AvgIpc) is 3.49. The van der Waals surface area contributed by atoms with Crippen LogP contribution >= 0.6 is 0 Å². The molecule has 4 rings (SSSR count). The Morgan fingerprint density at radius 3 is 2.43 bits per heavy atom. The third kappa shape index (κ3) is 3.78. The molecule has 144 valence electrons. The number of alkyl halides is 3. The number of nitrogens with zero attached hydrogens (tertiary/aromatic N) is 1. The van der Waals surface area contributed by atoms with Crippen LogP contribution in [0.2, 0.25) is 0 Å². The molecule has 1 saturated carbocycles. The van der Waals surface area contributed by atoms with Crippen LogP contribution in [0.25, 0.3) is 22.2 Å². The summed E-state index contributed by atoms with van der Waals surface area (Å²) in [6.07, 6.45) is -2.19. The number of aromatic nitrogens is 1. The molecule has 0 spiro atoms. The van der Waals surface area contributed by atoms with Gasteiger partial charge in [-0.05, 0) is 49.1 Å². The largest absolute Gasteiger partial charge is 0.493 e. The number of hydrogen-bond acceptors (Lipinski definition) is 3.